The fourth-order valence-electron chi connectivity index (χ4n) is 3.06. The molecular formula is C15H12N5+. The minimum atomic E-state index is -2.31. The summed E-state index contributed by atoms with van der Waals surface area (Å²) < 4.78 is 29.3. The molecule has 0 atom stereocenters. The molecule has 5 rings (SSSR count). The minimum absolute atomic E-state index is 0.620. The molecule has 1 aliphatic rings. The molecule has 0 fully saturated rings. The van der Waals surface area contributed by atoms with Gasteiger partial charge in [0, 0.05) is 24.2 Å². The molecule has 96 valence electrons. The van der Waals surface area contributed by atoms with Gasteiger partial charge >= 0.3 is 5.82 Å². The van der Waals surface area contributed by atoms with E-state index >= 15 is 0 Å². The first-order valence-electron chi connectivity index (χ1n) is 7.90. The lowest BCUT2D eigenvalue weighted by molar-refractivity contribution is -0.633. The summed E-state index contributed by atoms with van der Waals surface area (Å²) >= 11 is 0. The number of aromatic nitrogens is 5. The van der Waals surface area contributed by atoms with Crippen LogP contribution in [0.4, 0.5) is 0 Å². The van der Waals surface area contributed by atoms with E-state index < -0.39 is 6.98 Å². The molecule has 0 spiro atoms. The number of aryl methyl sites for hydroxylation is 1. The maximum atomic E-state index is 8.01. The average molecular weight is 265 g/mol. The maximum Gasteiger partial charge on any atom is 0.309 e. The molecular weight excluding hydrogens is 250 g/mol. The summed E-state index contributed by atoms with van der Waals surface area (Å²) in [4.78, 5) is 8.78. The first-order chi connectivity index (χ1) is 11.1. The van der Waals surface area contributed by atoms with Crippen LogP contribution in [0.5, 0.6) is 0 Å². The van der Waals surface area contributed by atoms with Crippen LogP contribution in [0.3, 0.4) is 0 Å². The third kappa shape index (κ3) is 1.02. The Hall–Kier alpha value is -2.69. The van der Waals surface area contributed by atoms with E-state index in [0.29, 0.717) is 23.5 Å². The van der Waals surface area contributed by atoms with Crippen LogP contribution in [0.2, 0.25) is 0 Å². The highest BCUT2D eigenvalue weighted by Gasteiger charge is 2.35. The van der Waals surface area contributed by atoms with E-state index in [0.717, 1.165) is 16.8 Å². The van der Waals surface area contributed by atoms with Crippen molar-refractivity contribution in [3.05, 3.63) is 48.5 Å². The van der Waals surface area contributed by atoms with Crippen molar-refractivity contribution >= 4 is 16.7 Å². The van der Waals surface area contributed by atoms with E-state index in [9.17, 15) is 0 Å². The Bertz CT molecular complexity index is 1090. The molecule has 0 saturated heterocycles. The Balaban J connectivity index is 2.01. The van der Waals surface area contributed by atoms with Crippen LogP contribution in [0.1, 0.15) is 9.68 Å². The molecule has 5 heterocycles. The predicted molar refractivity (Wildman–Crippen MR) is 74.2 cm³/mol. The molecule has 0 unspecified atom stereocenters. The third-order valence-corrected chi connectivity index (χ3v) is 3.90. The number of nitrogens with zero attached hydrogens (tertiary/aromatic N) is 5. The largest absolute Gasteiger partial charge is 0.309 e. The van der Waals surface area contributed by atoms with Gasteiger partial charge in [0.1, 0.15) is 6.54 Å². The summed E-state index contributed by atoms with van der Waals surface area (Å²) in [5, 5.41) is 0. The normalized spacial score (nSPS) is 15.9. The standard InChI is InChI=1S/C15H12N5/c1-18-13-11(9-19-7-3-6-17-14(13)19)20-8-10-4-2-5-16-12(10)15(18)20/h2-7,9H,8H2,1H3/q+1/i1D3. The highest BCUT2D eigenvalue weighted by Crippen LogP contribution is 2.32. The van der Waals surface area contributed by atoms with Crippen LogP contribution in [0.25, 0.3) is 28.2 Å². The highest BCUT2D eigenvalue weighted by atomic mass is 15.2. The zero-order valence-corrected chi connectivity index (χ0v) is 10.5. The van der Waals surface area contributed by atoms with E-state index in [4.69, 9.17) is 4.11 Å². The fraction of sp³-hybridized carbons (Fsp3) is 0.133. The first-order valence-corrected chi connectivity index (χ1v) is 6.40. The van der Waals surface area contributed by atoms with Gasteiger partial charge in [-0.25, -0.2) is 19.1 Å². The van der Waals surface area contributed by atoms with Gasteiger partial charge in [0.25, 0.3) is 0 Å². The van der Waals surface area contributed by atoms with Crippen molar-refractivity contribution in [1.29, 1.82) is 0 Å². The molecule has 0 N–H and O–H groups in total. The summed E-state index contributed by atoms with van der Waals surface area (Å²) in [6.45, 7) is -1.69. The topological polar surface area (TPSA) is 39.0 Å². The van der Waals surface area contributed by atoms with Crippen LogP contribution in [0.15, 0.2) is 43.0 Å². The van der Waals surface area contributed by atoms with Gasteiger partial charge in [0.05, 0.1) is 17.3 Å². The van der Waals surface area contributed by atoms with Crippen LogP contribution in [0, 0.1) is 0 Å². The second-order valence-electron chi connectivity index (χ2n) is 4.97. The van der Waals surface area contributed by atoms with E-state index in [1.165, 1.54) is 4.57 Å². The quantitative estimate of drug-likeness (QED) is 0.398. The molecule has 0 radical (unpaired) electrons. The average Bonchev–Trinajstić information content (AvgIpc) is 3.13. The second kappa shape index (κ2) is 3.25. The molecule has 4 aromatic heterocycles. The van der Waals surface area contributed by atoms with Gasteiger partial charge in [-0.2, -0.15) is 0 Å². The van der Waals surface area contributed by atoms with Crippen molar-refractivity contribution in [1.82, 2.24) is 18.9 Å². The monoisotopic (exact) mass is 265 g/mol. The molecule has 1 aliphatic heterocycles. The summed E-state index contributed by atoms with van der Waals surface area (Å²) in [6.07, 6.45) is 7.17. The van der Waals surface area contributed by atoms with Gasteiger partial charge in [-0.05, 0) is 12.1 Å². The zero-order valence-electron chi connectivity index (χ0n) is 13.5. The summed E-state index contributed by atoms with van der Waals surface area (Å²) in [5.41, 5.74) is 3.88. The van der Waals surface area contributed by atoms with E-state index in [-0.39, 0.29) is 0 Å². The van der Waals surface area contributed by atoms with E-state index in [2.05, 4.69) is 9.97 Å². The lowest BCUT2D eigenvalue weighted by Gasteiger charge is -1.95. The minimum Gasteiger partial charge on any atom is -0.300 e. The van der Waals surface area contributed by atoms with Crippen molar-refractivity contribution in [2.45, 2.75) is 6.54 Å². The Kier molecular flexibility index (Phi) is 1.27. The number of hydrogen-bond acceptors (Lipinski definition) is 2. The molecule has 0 amide bonds. The summed E-state index contributed by atoms with van der Waals surface area (Å²) in [7, 11) is 0. The number of fused-ring (bicyclic) bond motifs is 7. The lowest BCUT2D eigenvalue weighted by atomic mass is 10.2. The lowest BCUT2D eigenvalue weighted by Crippen LogP contribution is -2.29. The number of rotatable bonds is 0. The van der Waals surface area contributed by atoms with Crippen LogP contribution in [-0.4, -0.2) is 18.9 Å². The predicted octanol–water partition coefficient (Wildman–Crippen LogP) is 1.54. The van der Waals surface area contributed by atoms with Gasteiger partial charge in [0.2, 0.25) is 5.52 Å². The molecule has 20 heavy (non-hydrogen) atoms. The Morgan fingerprint density at radius 2 is 2.25 bits per heavy atom. The molecule has 5 nitrogen and oxygen atoms in total. The number of hydrogen-bond donors (Lipinski definition) is 0. The van der Waals surface area contributed by atoms with Crippen molar-refractivity contribution in [3.63, 3.8) is 0 Å². The fourth-order valence-corrected chi connectivity index (χ4v) is 3.06. The maximum absolute atomic E-state index is 8.01. The summed E-state index contributed by atoms with van der Waals surface area (Å²) in [6, 6.07) is 5.69. The van der Waals surface area contributed by atoms with Gasteiger partial charge in [-0.1, -0.05) is 6.07 Å². The number of imidazole rings is 1. The van der Waals surface area contributed by atoms with E-state index in [1.807, 2.05) is 39.6 Å². The van der Waals surface area contributed by atoms with Gasteiger partial charge in [-0.15, -0.1) is 0 Å². The first kappa shape index (κ1) is 7.79. The van der Waals surface area contributed by atoms with Crippen LogP contribution in [-0.2, 0) is 13.5 Å². The van der Waals surface area contributed by atoms with Gasteiger partial charge in [0.15, 0.2) is 16.9 Å². The zero-order chi connectivity index (χ0) is 15.8. The molecule has 0 aliphatic carbocycles. The van der Waals surface area contributed by atoms with Crippen molar-refractivity contribution in [3.8, 4) is 11.5 Å². The Morgan fingerprint density at radius 1 is 1.30 bits per heavy atom. The Labute approximate surface area is 119 Å². The van der Waals surface area contributed by atoms with E-state index in [1.54, 1.807) is 12.4 Å². The molecule has 0 saturated carbocycles. The molecule has 4 aromatic rings. The van der Waals surface area contributed by atoms with Crippen LogP contribution < -0.4 is 4.57 Å². The van der Waals surface area contributed by atoms with Gasteiger partial charge in [-0.3, -0.25) is 0 Å². The van der Waals surface area contributed by atoms with Crippen LogP contribution >= 0.6 is 0 Å². The third-order valence-electron chi connectivity index (χ3n) is 3.90. The molecule has 0 aromatic carbocycles. The Morgan fingerprint density at radius 3 is 3.20 bits per heavy atom. The SMILES string of the molecule is [2H]C([2H])([2H])[n+]1c2n(c3cn4cccnc4c31)Cc1cccnc1-2. The molecule has 5 heteroatoms. The smallest absolute Gasteiger partial charge is 0.300 e. The summed E-state index contributed by atoms with van der Waals surface area (Å²) in [5.74, 6) is 0.624. The number of pyridine rings is 1. The van der Waals surface area contributed by atoms with Crippen molar-refractivity contribution < 1.29 is 8.68 Å². The van der Waals surface area contributed by atoms with Crippen molar-refractivity contribution in [2.24, 2.45) is 6.98 Å². The molecule has 0 bridgehead atoms. The highest BCUT2D eigenvalue weighted by molar-refractivity contribution is 5.89. The van der Waals surface area contributed by atoms with Crippen molar-refractivity contribution in [2.75, 3.05) is 0 Å². The van der Waals surface area contributed by atoms with Gasteiger partial charge < -0.3 is 4.40 Å². The second-order valence-corrected chi connectivity index (χ2v) is 4.97.